The third-order valence-electron chi connectivity index (χ3n) is 3.25. The van der Waals surface area contributed by atoms with Gasteiger partial charge < -0.3 is 4.74 Å². The second-order valence-corrected chi connectivity index (χ2v) is 4.89. The van der Waals surface area contributed by atoms with Gasteiger partial charge in [0.1, 0.15) is 5.78 Å². The fourth-order valence-corrected chi connectivity index (χ4v) is 2.72. The standard InChI is InChI=1S/C10H16O2/c1-9(2)7-4-5-10(3,12-9)6-8(7)11/h7H,4-6H2,1-3H3/t7-,10-/m1/s1. The lowest BCUT2D eigenvalue weighted by atomic mass is 9.68. The van der Waals surface area contributed by atoms with E-state index in [0.29, 0.717) is 12.2 Å². The number of carbonyl (C=O) groups excluding carboxylic acids is 1. The highest BCUT2D eigenvalue weighted by atomic mass is 16.5. The second-order valence-electron chi connectivity index (χ2n) is 4.89. The highest BCUT2D eigenvalue weighted by molar-refractivity contribution is 5.84. The molecule has 2 aliphatic heterocycles. The average molecular weight is 168 g/mol. The van der Waals surface area contributed by atoms with E-state index in [4.69, 9.17) is 4.74 Å². The number of Topliss-reactive ketones (excluding diaryl/α,β-unsaturated/α-hetero) is 1. The predicted octanol–water partition coefficient (Wildman–Crippen LogP) is 1.92. The van der Waals surface area contributed by atoms with Gasteiger partial charge in [0.15, 0.2) is 0 Å². The van der Waals surface area contributed by atoms with Crippen LogP contribution in [0.4, 0.5) is 0 Å². The van der Waals surface area contributed by atoms with E-state index in [0.717, 1.165) is 12.8 Å². The topological polar surface area (TPSA) is 26.3 Å². The van der Waals surface area contributed by atoms with Gasteiger partial charge in [-0.15, -0.1) is 0 Å². The van der Waals surface area contributed by atoms with Crippen molar-refractivity contribution in [1.82, 2.24) is 0 Å². The van der Waals surface area contributed by atoms with Crippen LogP contribution < -0.4 is 0 Å². The molecule has 3 fully saturated rings. The Balaban J connectivity index is 2.34. The molecule has 2 heteroatoms. The van der Waals surface area contributed by atoms with Gasteiger partial charge in [-0.25, -0.2) is 0 Å². The quantitative estimate of drug-likeness (QED) is 0.552. The van der Waals surface area contributed by atoms with Gasteiger partial charge in [0.25, 0.3) is 0 Å². The molecule has 68 valence electrons. The summed E-state index contributed by atoms with van der Waals surface area (Å²) in [4.78, 5) is 11.6. The Morgan fingerprint density at radius 1 is 1.42 bits per heavy atom. The summed E-state index contributed by atoms with van der Waals surface area (Å²) in [5.74, 6) is 0.555. The van der Waals surface area contributed by atoms with Crippen molar-refractivity contribution in [1.29, 1.82) is 0 Å². The van der Waals surface area contributed by atoms with Gasteiger partial charge in [-0.3, -0.25) is 4.79 Å². The molecule has 0 radical (unpaired) electrons. The molecule has 0 aromatic rings. The van der Waals surface area contributed by atoms with Gasteiger partial charge in [0.2, 0.25) is 0 Å². The molecule has 0 unspecified atom stereocenters. The van der Waals surface area contributed by atoms with Gasteiger partial charge in [-0.05, 0) is 33.6 Å². The average Bonchev–Trinajstić information content (AvgIpc) is 1.80. The summed E-state index contributed by atoms with van der Waals surface area (Å²) in [5, 5.41) is 0. The van der Waals surface area contributed by atoms with Gasteiger partial charge in [-0.1, -0.05) is 0 Å². The monoisotopic (exact) mass is 168 g/mol. The van der Waals surface area contributed by atoms with Gasteiger partial charge in [0, 0.05) is 12.3 Å². The lowest BCUT2D eigenvalue weighted by Crippen LogP contribution is -2.58. The van der Waals surface area contributed by atoms with Crippen molar-refractivity contribution in [2.24, 2.45) is 5.92 Å². The molecule has 12 heavy (non-hydrogen) atoms. The summed E-state index contributed by atoms with van der Waals surface area (Å²) in [6.45, 7) is 6.13. The summed E-state index contributed by atoms with van der Waals surface area (Å²) in [5.41, 5.74) is -0.377. The number of ketones is 1. The minimum absolute atomic E-state index is 0.152. The first kappa shape index (κ1) is 8.24. The van der Waals surface area contributed by atoms with Crippen LogP contribution in [0.25, 0.3) is 0 Å². The Morgan fingerprint density at radius 2 is 2.08 bits per heavy atom. The van der Waals surface area contributed by atoms with Crippen LogP contribution in [0.3, 0.4) is 0 Å². The van der Waals surface area contributed by atoms with E-state index in [-0.39, 0.29) is 17.1 Å². The Labute approximate surface area is 73.3 Å². The van der Waals surface area contributed by atoms with Crippen LogP contribution in [-0.2, 0) is 9.53 Å². The van der Waals surface area contributed by atoms with Crippen LogP contribution in [0.5, 0.6) is 0 Å². The number of rotatable bonds is 0. The van der Waals surface area contributed by atoms with E-state index in [1.807, 2.05) is 13.8 Å². The first-order chi connectivity index (χ1) is 5.43. The fraction of sp³-hybridized carbons (Fsp3) is 0.900. The molecule has 0 aromatic carbocycles. The Kier molecular flexibility index (Phi) is 1.45. The van der Waals surface area contributed by atoms with Crippen LogP contribution >= 0.6 is 0 Å². The predicted molar refractivity (Wildman–Crippen MR) is 45.9 cm³/mol. The number of ether oxygens (including phenoxy) is 1. The molecule has 0 aromatic heterocycles. The molecule has 2 atom stereocenters. The zero-order chi connectivity index (χ0) is 8.98. The molecule has 0 amide bonds. The van der Waals surface area contributed by atoms with Crippen LogP contribution in [0.1, 0.15) is 40.0 Å². The molecule has 0 N–H and O–H groups in total. The van der Waals surface area contributed by atoms with E-state index >= 15 is 0 Å². The number of fused-ring (bicyclic) bond motifs is 3. The molecule has 1 saturated carbocycles. The van der Waals surface area contributed by atoms with Crippen molar-refractivity contribution in [3.63, 3.8) is 0 Å². The molecule has 2 saturated heterocycles. The zero-order valence-electron chi connectivity index (χ0n) is 8.02. The van der Waals surface area contributed by atoms with Crippen molar-refractivity contribution >= 4 is 5.78 Å². The van der Waals surface area contributed by atoms with Crippen molar-refractivity contribution in [3.8, 4) is 0 Å². The Bertz CT molecular complexity index is 229. The maximum absolute atomic E-state index is 11.6. The van der Waals surface area contributed by atoms with E-state index in [2.05, 4.69) is 6.92 Å². The normalized spacial score (nSPS) is 44.9. The van der Waals surface area contributed by atoms with Gasteiger partial charge >= 0.3 is 0 Å². The molecule has 3 rings (SSSR count). The van der Waals surface area contributed by atoms with Crippen molar-refractivity contribution < 1.29 is 9.53 Å². The zero-order valence-corrected chi connectivity index (χ0v) is 8.02. The summed E-state index contributed by atoms with van der Waals surface area (Å²) in [6.07, 6.45) is 2.69. The third kappa shape index (κ3) is 1.01. The van der Waals surface area contributed by atoms with Crippen LogP contribution in [0.2, 0.25) is 0 Å². The number of hydrogen-bond acceptors (Lipinski definition) is 2. The molecule has 0 spiro atoms. The lowest BCUT2D eigenvalue weighted by molar-refractivity contribution is -0.221. The van der Waals surface area contributed by atoms with Crippen molar-refractivity contribution in [2.45, 2.75) is 51.2 Å². The van der Waals surface area contributed by atoms with Crippen LogP contribution in [0.15, 0.2) is 0 Å². The molecule has 2 heterocycles. The maximum Gasteiger partial charge on any atom is 0.141 e. The lowest BCUT2D eigenvalue weighted by Gasteiger charge is -2.52. The Hall–Kier alpha value is -0.370. The molecule has 2 nitrogen and oxygen atoms in total. The number of hydrogen-bond donors (Lipinski definition) is 0. The molecule has 1 aliphatic carbocycles. The minimum Gasteiger partial charge on any atom is -0.368 e. The van der Waals surface area contributed by atoms with E-state index in [9.17, 15) is 4.79 Å². The summed E-state index contributed by atoms with van der Waals surface area (Å²) in [7, 11) is 0. The molecular formula is C10H16O2. The summed E-state index contributed by atoms with van der Waals surface area (Å²) < 4.78 is 5.91. The highest BCUT2D eigenvalue weighted by Gasteiger charge is 2.52. The molecule has 2 bridgehead atoms. The number of carbonyl (C=O) groups is 1. The minimum atomic E-state index is -0.220. The van der Waals surface area contributed by atoms with Gasteiger partial charge in [-0.2, -0.15) is 0 Å². The fourth-order valence-electron chi connectivity index (χ4n) is 2.72. The SMILES string of the molecule is CC1(C)O[C@]2(C)CC[C@@H]1C(=O)C2. The van der Waals surface area contributed by atoms with Crippen LogP contribution in [-0.4, -0.2) is 17.0 Å². The van der Waals surface area contributed by atoms with Crippen LogP contribution in [0, 0.1) is 5.92 Å². The van der Waals surface area contributed by atoms with E-state index in [1.165, 1.54) is 0 Å². The van der Waals surface area contributed by atoms with Crippen molar-refractivity contribution in [2.75, 3.05) is 0 Å². The molecular weight excluding hydrogens is 152 g/mol. The third-order valence-corrected chi connectivity index (χ3v) is 3.25. The van der Waals surface area contributed by atoms with E-state index < -0.39 is 0 Å². The van der Waals surface area contributed by atoms with Crippen molar-refractivity contribution in [3.05, 3.63) is 0 Å². The first-order valence-electron chi connectivity index (χ1n) is 4.66. The summed E-state index contributed by atoms with van der Waals surface area (Å²) in [6, 6.07) is 0. The second kappa shape index (κ2) is 2.11. The maximum atomic E-state index is 11.6. The Morgan fingerprint density at radius 3 is 2.50 bits per heavy atom. The highest BCUT2D eigenvalue weighted by Crippen LogP contribution is 2.47. The largest absolute Gasteiger partial charge is 0.368 e. The van der Waals surface area contributed by atoms with Gasteiger partial charge in [0.05, 0.1) is 11.2 Å². The van der Waals surface area contributed by atoms with E-state index in [1.54, 1.807) is 0 Å². The smallest absolute Gasteiger partial charge is 0.141 e. The molecule has 3 aliphatic rings. The summed E-state index contributed by atoms with van der Waals surface area (Å²) >= 11 is 0. The first-order valence-corrected chi connectivity index (χ1v) is 4.66.